The summed E-state index contributed by atoms with van der Waals surface area (Å²) in [5.74, 6) is 2.23. The van der Waals surface area contributed by atoms with Crippen molar-refractivity contribution in [3.05, 3.63) is 78.2 Å². The molecule has 2 N–H and O–H groups in total. The number of nitrogens with zero attached hydrogens (tertiary/aromatic N) is 3. The van der Waals surface area contributed by atoms with Gasteiger partial charge < -0.3 is 15.0 Å². The highest BCUT2D eigenvalue weighted by molar-refractivity contribution is 6.13. The van der Waals surface area contributed by atoms with Gasteiger partial charge in [0.1, 0.15) is 23.6 Å². The zero-order chi connectivity index (χ0) is 22.1. The van der Waals surface area contributed by atoms with Gasteiger partial charge in [0.05, 0.1) is 11.3 Å². The van der Waals surface area contributed by atoms with E-state index in [1.165, 1.54) is 19.2 Å². The van der Waals surface area contributed by atoms with Gasteiger partial charge in [-0.25, -0.2) is 9.97 Å². The van der Waals surface area contributed by atoms with Crippen LogP contribution < -0.4 is 10.1 Å². The van der Waals surface area contributed by atoms with E-state index in [0.717, 1.165) is 30.2 Å². The van der Waals surface area contributed by atoms with Crippen molar-refractivity contribution in [2.75, 3.05) is 25.5 Å². The molecule has 6 heteroatoms. The van der Waals surface area contributed by atoms with Crippen LogP contribution in [0.5, 0.6) is 11.5 Å². The molecule has 1 atom stereocenters. The topological polar surface area (TPSA) is 74.1 Å². The van der Waals surface area contributed by atoms with Crippen LogP contribution in [0.1, 0.15) is 37.8 Å². The third-order valence-corrected chi connectivity index (χ3v) is 5.28. The molecule has 0 unspecified atom stereocenters. The van der Waals surface area contributed by atoms with Crippen LogP contribution in [0.2, 0.25) is 0 Å². The van der Waals surface area contributed by atoms with Crippen molar-refractivity contribution in [2.45, 2.75) is 32.7 Å². The minimum absolute atomic E-state index is 0.388. The highest BCUT2D eigenvalue weighted by Gasteiger charge is 2.21. The molecule has 0 spiro atoms. The molecular formula is C25H31N5O. The number of aromatic nitrogens is 2. The molecule has 1 aliphatic heterocycles. The van der Waals surface area contributed by atoms with Gasteiger partial charge in [0.25, 0.3) is 0 Å². The number of anilines is 1. The minimum Gasteiger partial charge on any atom is -0.457 e. The van der Waals surface area contributed by atoms with Gasteiger partial charge >= 0.3 is 0 Å². The Morgan fingerprint density at radius 3 is 2.48 bits per heavy atom. The zero-order valence-corrected chi connectivity index (χ0v) is 18.5. The second kappa shape index (κ2) is 11.2. The Labute approximate surface area is 184 Å². The molecule has 1 fully saturated rings. The third-order valence-electron chi connectivity index (χ3n) is 5.28. The lowest BCUT2D eigenvalue weighted by Crippen LogP contribution is -2.32. The van der Waals surface area contributed by atoms with Gasteiger partial charge in [-0.2, -0.15) is 0 Å². The average molecular weight is 418 g/mol. The molecule has 1 aliphatic rings. The standard InChI is InChI=1S/C23H25N5O.C2H6/c1-28-13-5-6-18(28)14-26-23-21(15-25-16-27-23)22(24)17-9-11-20(12-10-17)29-19-7-3-2-4-8-19;1-2/h2-4,7-12,15-16,18,24H,5-6,13-14H2,1H3,(H,25,26,27);1-2H3/t18-;/m1./s1. The summed E-state index contributed by atoms with van der Waals surface area (Å²) >= 11 is 0. The second-order valence-electron chi connectivity index (χ2n) is 7.26. The molecule has 31 heavy (non-hydrogen) atoms. The van der Waals surface area contributed by atoms with E-state index in [1.54, 1.807) is 6.20 Å². The molecule has 4 rings (SSSR count). The second-order valence-corrected chi connectivity index (χ2v) is 7.26. The molecule has 6 nitrogen and oxygen atoms in total. The van der Waals surface area contributed by atoms with Crippen molar-refractivity contribution in [2.24, 2.45) is 0 Å². The maximum atomic E-state index is 8.66. The van der Waals surface area contributed by atoms with E-state index in [-0.39, 0.29) is 0 Å². The SMILES string of the molecule is CC.CN1CCC[C@@H]1CNc1ncncc1C(=N)c1ccc(Oc2ccccc2)cc1. The maximum absolute atomic E-state index is 8.66. The third kappa shape index (κ3) is 5.89. The number of hydrogen-bond acceptors (Lipinski definition) is 6. The first kappa shape index (κ1) is 22.4. The summed E-state index contributed by atoms with van der Waals surface area (Å²) < 4.78 is 5.84. The molecule has 0 amide bonds. The fourth-order valence-electron chi connectivity index (χ4n) is 3.57. The number of para-hydroxylation sites is 1. The van der Waals surface area contributed by atoms with Crippen molar-refractivity contribution < 1.29 is 4.74 Å². The Balaban J connectivity index is 0.00000132. The number of nitrogens with one attached hydrogen (secondary N) is 2. The largest absolute Gasteiger partial charge is 0.457 e. The van der Waals surface area contributed by atoms with Crippen LogP contribution in [0.25, 0.3) is 0 Å². The highest BCUT2D eigenvalue weighted by atomic mass is 16.5. The Morgan fingerprint density at radius 1 is 1.10 bits per heavy atom. The zero-order valence-electron chi connectivity index (χ0n) is 18.5. The van der Waals surface area contributed by atoms with E-state index in [9.17, 15) is 0 Å². The number of likely N-dealkylation sites (tertiary alicyclic amines) is 1. The van der Waals surface area contributed by atoms with Gasteiger partial charge in [0, 0.05) is 24.3 Å². The summed E-state index contributed by atoms with van der Waals surface area (Å²) in [6, 6.07) is 17.7. The van der Waals surface area contributed by atoms with Crippen molar-refractivity contribution in [1.29, 1.82) is 5.41 Å². The molecule has 0 saturated carbocycles. The van der Waals surface area contributed by atoms with E-state index in [0.29, 0.717) is 23.1 Å². The van der Waals surface area contributed by atoms with Crippen LogP contribution >= 0.6 is 0 Å². The molecule has 1 saturated heterocycles. The van der Waals surface area contributed by atoms with Gasteiger partial charge in [-0.15, -0.1) is 0 Å². The van der Waals surface area contributed by atoms with Gasteiger partial charge in [-0.1, -0.05) is 32.0 Å². The van der Waals surface area contributed by atoms with E-state index >= 15 is 0 Å². The summed E-state index contributed by atoms with van der Waals surface area (Å²) in [7, 11) is 2.15. The molecule has 0 bridgehead atoms. The van der Waals surface area contributed by atoms with Crippen molar-refractivity contribution in [1.82, 2.24) is 14.9 Å². The summed E-state index contributed by atoms with van der Waals surface area (Å²) in [6.07, 6.45) is 5.63. The minimum atomic E-state index is 0.388. The lowest BCUT2D eigenvalue weighted by atomic mass is 10.0. The van der Waals surface area contributed by atoms with Gasteiger partial charge in [-0.05, 0) is 62.8 Å². The van der Waals surface area contributed by atoms with E-state index in [2.05, 4.69) is 27.2 Å². The molecule has 162 valence electrons. The van der Waals surface area contributed by atoms with Crippen LogP contribution in [0, 0.1) is 5.41 Å². The summed E-state index contributed by atoms with van der Waals surface area (Å²) in [5, 5.41) is 12.1. The lowest BCUT2D eigenvalue weighted by molar-refractivity contribution is 0.322. The van der Waals surface area contributed by atoms with E-state index < -0.39 is 0 Å². The smallest absolute Gasteiger partial charge is 0.138 e. The number of likely N-dealkylation sites (N-methyl/N-ethyl adjacent to an activating group) is 1. The highest BCUT2D eigenvalue weighted by Crippen LogP contribution is 2.23. The first-order valence-corrected chi connectivity index (χ1v) is 10.9. The number of ether oxygens (including phenoxy) is 1. The van der Waals surface area contributed by atoms with Gasteiger partial charge in [0.2, 0.25) is 0 Å². The van der Waals surface area contributed by atoms with Crippen molar-refractivity contribution in [3.8, 4) is 11.5 Å². The molecule has 3 aromatic rings. The predicted molar refractivity (Wildman–Crippen MR) is 126 cm³/mol. The summed E-state index contributed by atoms with van der Waals surface area (Å²) in [6.45, 7) is 5.95. The summed E-state index contributed by atoms with van der Waals surface area (Å²) in [5.41, 5.74) is 1.88. The lowest BCUT2D eigenvalue weighted by Gasteiger charge is -2.20. The first-order chi connectivity index (χ1) is 15.2. The number of benzene rings is 2. The fraction of sp³-hybridized carbons (Fsp3) is 0.320. The van der Waals surface area contributed by atoms with Crippen LogP contribution in [0.3, 0.4) is 0 Å². The van der Waals surface area contributed by atoms with Gasteiger partial charge in [-0.3, -0.25) is 5.41 Å². The van der Waals surface area contributed by atoms with Crippen LogP contribution in [-0.2, 0) is 0 Å². The van der Waals surface area contributed by atoms with Crippen LogP contribution in [-0.4, -0.2) is 46.8 Å². The Hall–Kier alpha value is -3.25. The van der Waals surface area contributed by atoms with Crippen LogP contribution in [0.4, 0.5) is 5.82 Å². The molecule has 0 aliphatic carbocycles. The monoisotopic (exact) mass is 417 g/mol. The molecule has 0 radical (unpaired) electrons. The normalized spacial score (nSPS) is 15.6. The molecular weight excluding hydrogens is 386 g/mol. The Kier molecular flexibility index (Phi) is 8.12. The van der Waals surface area contributed by atoms with Crippen molar-refractivity contribution >= 4 is 11.5 Å². The summed E-state index contributed by atoms with van der Waals surface area (Å²) in [4.78, 5) is 10.9. The van der Waals surface area contributed by atoms with Crippen molar-refractivity contribution in [3.63, 3.8) is 0 Å². The number of rotatable bonds is 7. The molecule has 2 aromatic carbocycles. The maximum Gasteiger partial charge on any atom is 0.138 e. The first-order valence-electron chi connectivity index (χ1n) is 10.9. The fourth-order valence-corrected chi connectivity index (χ4v) is 3.57. The van der Waals surface area contributed by atoms with Gasteiger partial charge in [0.15, 0.2) is 0 Å². The predicted octanol–water partition coefficient (Wildman–Crippen LogP) is 5.22. The molecule has 2 heterocycles. The Bertz CT molecular complexity index is 959. The quantitative estimate of drug-likeness (QED) is 0.516. The van der Waals surface area contributed by atoms with E-state index in [4.69, 9.17) is 10.1 Å². The number of hydrogen-bond donors (Lipinski definition) is 2. The van der Waals surface area contributed by atoms with E-state index in [1.807, 2.05) is 68.4 Å². The van der Waals surface area contributed by atoms with Crippen LogP contribution in [0.15, 0.2) is 67.1 Å². The molecule has 1 aromatic heterocycles. The Morgan fingerprint density at radius 2 is 1.81 bits per heavy atom. The average Bonchev–Trinajstić information content (AvgIpc) is 3.24.